The van der Waals surface area contributed by atoms with Gasteiger partial charge in [0.1, 0.15) is 11.5 Å². The molecule has 0 unspecified atom stereocenters. The fourth-order valence-electron chi connectivity index (χ4n) is 2.84. The van der Waals surface area contributed by atoms with Gasteiger partial charge in [-0.25, -0.2) is 4.98 Å². The van der Waals surface area contributed by atoms with Gasteiger partial charge in [-0.1, -0.05) is 39.5 Å². The molecule has 1 aliphatic rings. The summed E-state index contributed by atoms with van der Waals surface area (Å²) in [4.78, 5) is 9.33. The van der Waals surface area contributed by atoms with E-state index in [1.54, 1.807) is 0 Å². The highest BCUT2D eigenvalue weighted by atomic mass is 16.5. The molecule has 1 aromatic heterocycles. The topological polar surface area (TPSA) is 73.1 Å². The van der Waals surface area contributed by atoms with Crippen molar-refractivity contribution in [2.24, 2.45) is 0 Å². The van der Waals surface area contributed by atoms with Crippen LogP contribution in [0.15, 0.2) is 0 Å². The highest BCUT2D eigenvalue weighted by Crippen LogP contribution is 2.35. The van der Waals surface area contributed by atoms with Gasteiger partial charge in [-0.15, -0.1) is 0 Å². The van der Waals surface area contributed by atoms with E-state index in [0.29, 0.717) is 24.1 Å². The van der Waals surface area contributed by atoms with Crippen molar-refractivity contribution >= 4 is 11.5 Å². The molecule has 1 saturated carbocycles. The van der Waals surface area contributed by atoms with Gasteiger partial charge in [0.15, 0.2) is 5.82 Å². The van der Waals surface area contributed by atoms with E-state index in [-0.39, 0.29) is 0 Å². The number of anilines is 2. The molecule has 22 heavy (non-hydrogen) atoms. The molecule has 0 atom stereocenters. The minimum atomic E-state index is 0.449. The summed E-state index contributed by atoms with van der Waals surface area (Å²) in [6, 6.07) is 0. The Morgan fingerprint density at radius 1 is 1.14 bits per heavy atom. The van der Waals surface area contributed by atoms with Crippen LogP contribution in [-0.4, -0.2) is 23.1 Å². The van der Waals surface area contributed by atoms with E-state index in [4.69, 9.17) is 15.5 Å². The molecule has 0 spiro atoms. The molecule has 0 amide bonds. The van der Waals surface area contributed by atoms with Crippen molar-refractivity contribution in [1.29, 1.82) is 0 Å². The first-order chi connectivity index (χ1) is 10.8. The first kappa shape index (κ1) is 16.8. The third kappa shape index (κ3) is 4.49. The van der Waals surface area contributed by atoms with Crippen molar-refractivity contribution in [3.63, 3.8) is 0 Å². The second kappa shape index (κ2) is 8.81. The summed E-state index contributed by atoms with van der Waals surface area (Å²) in [6.45, 7) is 5.78. The van der Waals surface area contributed by atoms with Crippen molar-refractivity contribution in [1.82, 2.24) is 9.97 Å². The van der Waals surface area contributed by atoms with E-state index in [9.17, 15) is 0 Å². The Kier molecular flexibility index (Phi) is 6.74. The van der Waals surface area contributed by atoms with Crippen LogP contribution in [0.4, 0.5) is 11.5 Å². The number of unbranched alkanes of at least 4 members (excludes halogenated alkanes) is 1. The van der Waals surface area contributed by atoms with Crippen molar-refractivity contribution in [3.8, 4) is 5.88 Å². The molecule has 0 aliphatic heterocycles. The van der Waals surface area contributed by atoms with Crippen molar-refractivity contribution in [2.75, 3.05) is 24.2 Å². The second-order valence-electron chi connectivity index (χ2n) is 6.11. The van der Waals surface area contributed by atoms with Crippen molar-refractivity contribution in [2.45, 2.75) is 71.1 Å². The fraction of sp³-hybridized carbons (Fsp3) is 0.765. The zero-order valence-corrected chi connectivity index (χ0v) is 14.0. The summed E-state index contributed by atoms with van der Waals surface area (Å²) in [6.07, 6.45) is 9.40. The zero-order chi connectivity index (χ0) is 15.8. The predicted octanol–water partition coefficient (Wildman–Crippen LogP) is 4.11. The van der Waals surface area contributed by atoms with E-state index in [2.05, 4.69) is 24.1 Å². The number of hydrogen-bond acceptors (Lipinski definition) is 5. The Morgan fingerprint density at radius 2 is 1.91 bits per heavy atom. The Morgan fingerprint density at radius 3 is 2.59 bits per heavy atom. The third-order valence-corrected chi connectivity index (χ3v) is 4.16. The van der Waals surface area contributed by atoms with Gasteiger partial charge in [-0.2, -0.15) is 4.98 Å². The summed E-state index contributed by atoms with van der Waals surface area (Å²) in [5.74, 6) is 2.65. The van der Waals surface area contributed by atoms with Crippen LogP contribution in [0.2, 0.25) is 0 Å². The molecule has 1 heterocycles. The lowest BCUT2D eigenvalue weighted by molar-refractivity contribution is 0.303. The summed E-state index contributed by atoms with van der Waals surface area (Å²) >= 11 is 0. The molecule has 5 nitrogen and oxygen atoms in total. The average Bonchev–Trinajstić information content (AvgIpc) is 2.56. The summed E-state index contributed by atoms with van der Waals surface area (Å²) in [5.41, 5.74) is 6.74. The normalized spacial score (nSPS) is 15.7. The molecular formula is C17H30N4O. The Labute approximate surface area is 134 Å². The predicted molar refractivity (Wildman–Crippen MR) is 91.5 cm³/mol. The van der Waals surface area contributed by atoms with Gasteiger partial charge in [-0.05, 0) is 25.7 Å². The highest BCUT2D eigenvalue weighted by Gasteiger charge is 2.22. The van der Waals surface area contributed by atoms with E-state index in [1.165, 1.54) is 32.1 Å². The highest BCUT2D eigenvalue weighted by molar-refractivity contribution is 5.67. The van der Waals surface area contributed by atoms with E-state index in [0.717, 1.165) is 37.4 Å². The molecule has 1 fully saturated rings. The Bertz CT molecular complexity index is 458. The maximum absolute atomic E-state index is 6.19. The second-order valence-corrected chi connectivity index (χ2v) is 6.11. The lowest BCUT2D eigenvalue weighted by Gasteiger charge is -2.22. The SMILES string of the molecule is CCCCNc1nc(C2CCCCC2)nc(OCCC)c1N. The maximum Gasteiger partial charge on any atom is 0.242 e. The average molecular weight is 306 g/mol. The van der Waals surface area contributed by atoms with Gasteiger partial charge >= 0.3 is 0 Å². The van der Waals surface area contributed by atoms with Crippen LogP contribution in [-0.2, 0) is 0 Å². The molecule has 0 bridgehead atoms. The van der Waals surface area contributed by atoms with Gasteiger partial charge in [0.25, 0.3) is 0 Å². The van der Waals surface area contributed by atoms with Crippen LogP contribution in [0.1, 0.15) is 77.0 Å². The molecule has 5 heteroatoms. The molecule has 0 aromatic carbocycles. The summed E-state index contributed by atoms with van der Waals surface area (Å²) < 4.78 is 5.75. The minimum Gasteiger partial charge on any atom is -0.476 e. The van der Waals surface area contributed by atoms with Crippen LogP contribution in [0, 0.1) is 0 Å². The van der Waals surface area contributed by atoms with E-state index in [1.807, 2.05) is 0 Å². The zero-order valence-electron chi connectivity index (χ0n) is 14.0. The molecule has 2 rings (SSSR count). The first-order valence-electron chi connectivity index (χ1n) is 8.80. The van der Waals surface area contributed by atoms with Crippen LogP contribution >= 0.6 is 0 Å². The smallest absolute Gasteiger partial charge is 0.242 e. The van der Waals surface area contributed by atoms with Crippen LogP contribution in [0.5, 0.6) is 5.88 Å². The molecule has 3 N–H and O–H groups in total. The molecule has 124 valence electrons. The van der Waals surface area contributed by atoms with Crippen LogP contribution < -0.4 is 15.8 Å². The van der Waals surface area contributed by atoms with Crippen LogP contribution in [0.25, 0.3) is 0 Å². The first-order valence-corrected chi connectivity index (χ1v) is 8.80. The number of hydrogen-bond donors (Lipinski definition) is 2. The quantitative estimate of drug-likeness (QED) is 0.707. The summed E-state index contributed by atoms with van der Waals surface area (Å²) in [7, 11) is 0. The van der Waals surface area contributed by atoms with Gasteiger partial charge in [0.05, 0.1) is 6.61 Å². The number of nitrogen functional groups attached to an aromatic ring is 1. The maximum atomic E-state index is 6.19. The number of ether oxygens (including phenoxy) is 1. The molecule has 0 radical (unpaired) electrons. The Hall–Kier alpha value is -1.52. The van der Waals surface area contributed by atoms with Gasteiger partial charge < -0.3 is 15.8 Å². The lowest BCUT2D eigenvalue weighted by atomic mass is 9.88. The molecule has 1 aliphatic carbocycles. The summed E-state index contributed by atoms with van der Waals surface area (Å²) in [5, 5.41) is 3.35. The molecule has 1 aromatic rings. The monoisotopic (exact) mass is 306 g/mol. The largest absolute Gasteiger partial charge is 0.476 e. The number of rotatable bonds is 8. The number of nitrogens with two attached hydrogens (primary N) is 1. The fourth-order valence-corrected chi connectivity index (χ4v) is 2.84. The minimum absolute atomic E-state index is 0.449. The van der Waals surface area contributed by atoms with Gasteiger partial charge in [0.2, 0.25) is 5.88 Å². The Balaban J connectivity index is 2.21. The molecule has 0 saturated heterocycles. The van der Waals surface area contributed by atoms with Crippen molar-refractivity contribution < 1.29 is 4.74 Å². The van der Waals surface area contributed by atoms with E-state index < -0.39 is 0 Å². The van der Waals surface area contributed by atoms with Gasteiger partial charge in [0, 0.05) is 12.5 Å². The van der Waals surface area contributed by atoms with Crippen molar-refractivity contribution in [3.05, 3.63) is 5.82 Å². The number of nitrogens with zero attached hydrogens (tertiary/aromatic N) is 2. The molecular weight excluding hydrogens is 276 g/mol. The lowest BCUT2D eigenvalue weighted by Crippen LogP contribution is -2.15. The number of nitrogens with one attached hydrogen (secondary N) is 1. The third-order valence-electron chi connectivity index (χ3n) is 4.16. The number of aromatic nitrogens is 2. The van der Waals surface area contributed by atoms with Crippen LogP contribution in [0.3, 0.4) is 0 Å². The van der Waals surface area contributed by atoms with Gasteiger partial charge in [-0.3, -0.25) is 0 Å². The standard InChI is InChI=1S/C17H30N4O/c1-3-5-11-19-16-14(18)17(22-12-4-2)21-15(20-16)13-9-7-6-8-10-13/h13H,3-12,18H2,1-2H3,(H,19,20,21). The van der Waals surface area contributed by atoms with E-state index >= 15 is 0 Å².